The number of aliphatic hydroxyl groups is 2. The fourth-order valence-corrected chi connectivity index (χ4v) is 6.71. The van der Waals surface area contributed by atoms with Crippen molar-refractivity contribution >= 4 is 11.8 Å². The maximum atomic E-state index is 12.9. The molecule has 0 amide bonds. The van der Waals surface area contributed by atoms with Crippen LogP contribution < -0.4 is 0 Å². The number of hydrogen-bond acceptors (Lipinski definition) is 5. The fourth-order valence-electron chi connectivity index (χ4n) is 6.71. The number of carbonyl (C=O) groups excluding carboxylic acids is 2. The third kappa shape index (κ3) is 6.54. The highest BCUT2D eigenvalue weighted by atomic mass is 16.5. The predicted molar refractivity (Wildman–Crippen MR) is 148 cm³/mol. The van der Waals surface area contributed by atoms with Crippen LogP contribution in [0.5, 0.6) is 0 Å². The molecule has 0 aromatic rings. The lowest BCUT2D eigenvalue weighted by Gasteiger charge is -2.44. The molecule has 5 nitrogen and oxygen atoms in total. The number of ketones is 1. The van der Waals surface area contributed by atoms with Gasteiger partial charge in [0.15, 0.2) is 5.78 Å². The van der Waals surface area contributed by atoms with Crippen molar-refractivity contribution in [3.05, 3.63) is 47.6 Å². The smallest absolute Gasteiger partial charge is 0.319 e. The van der Waals surface area contributed by atoms with E-state index in [2.05, 4.69) is 32.6 Å². The van der Waals surface area contributed by atoms with Gasteiger partial charge >= 0.3 is 5.97 Å². The van der Waals surface area contributed by atoms with Crippen molar-refractivity contribution in [3.8, 4) is 0 Å². The molecule has 37 heavy (non-hydrogen) atoms. The monoisotopic (exact) mass is 512 g/mol. The maximum Gasteiger partial charge on any atom is 0.319 e. The van der Waals surface area contributed by atoms with E-state index in [4.69, 9.17) is 4.74 Å². The highest BCUT2D eigenvalue weighted by Gasteiger charge is 2.50. The highest BCUT2D eigenvalue weighted by molar-refractivity contribution is 6.08. The lowest BCUT2D eigenvalue weighted by Crippen LogP contribution is -2.36. The van der Waals surface area contributed by atoms with Gasteiger partial charge in [0.05, 0.1) is 18.8 Å². The van der Waals surface area contributed by atoms with Crippen molar-refractivity contribution in [2.24, 2.45) is 34.5 Å². The molecule has 2 N–H and O–H groups in total. The molecule has 3 fully saturated rings. The van der Waals surface area contributed by atoms with Gasteiger partial charge in [0.25, 0.3) is 0 Å². The van der Waals surface area contributed by atoms with Crippen molar-refractivity contribution in [1.82, 2.24) is 0 Å². The predicted octanol–water partition coefficient (Wildman–Crippen LogP) is 6.11. The Bertz CT molecular complexity index is 968. The van der Waals surface area contributed by atoms with Gasteiger partial charge in [-0.1, -0.05) is 58.1 Å². The number of allylic oxidation sites excluding steroid dienone is 5. The Hall–Kier alpha value is -1.98. The Labute approximate surface area is 223 Å². The number of aliphatic hydroxyl groups excluding tert-OH is 2. The number of carbonyl (C=O) groups is 2. The summed E-state index contributed by atoms with van der Waals surface area (Å²) < 4.78 is 5.34. The molecule has 0 saturated heterocycles. The van der Waals surface area contributed by atoms with Gasteiger partial charge in [-0.05, 0) is 98.7 Å². The van der Waals surface area contributed by atoms with Crippen molar-refractivity contribution < 1.29 is 24.5 Å². The minimum atomic E-state index is -1.19. The van der Waals surface area contributed by atoms with Gasteiger partial charge < -0.3 is 14.9 Å². The van der Waals surface area contributed by atoms with Crippen LogP contribution in [0.4, 0.5) is 0 Å². The Balaban J connectivity index is 1.71. The van der Waals surface area contributed by atoms with E-state index >= 15 is 0 Å². The molecule has 3 saturated carbocycles. The third-order valence-electron chi connectivity index (χ3n) is 9.16. The molecule has 0 bridgehead atoms. The molecule has 6 atom stereocenters. The summed E-state index contributed by atoms with van der Waals surface area (Å²) >= 11 is 0. The Kier molecular flexibility index (Phi) is 9.45. The average Bonchev–Trinajstić information content (AvgIpc) is 3.19. The first-order valence-corrected chi connectivity index (χ1v) is 14.1. The summed E-state index contributed by atoms with van der Waals surface area (Å²) in [6.45, 7) is 16.2. The van der Waals surface area contributed by atoms with E-state index in [0.717, 1.165) is 36.8 Å². The summed E-state index contributed by atoms with van der Waals surface area (Å²) in [6.07, 6.45) is 13.2. The van der Waals surface area contributed by atoms with E-state index in [-0.39, 0.29) is 23.0 Å². The SMILES string of the molecule is C=C1/C(=C\C=C2/CCC[C@]3(C)[C@@H]([C@H](C)/C=C/C(=O)C(C)(C)C(=O)OCC(C)C)CC[C@@H]23)C[C@@H](O)C[C@@H]1O. The van der Waals surface area contributed by atoms with Gasteiger partial charge in [-0.15, -0.1) is 0 Å². The second-order valence-electron chi connectivity index (χ2n) is 12.9. The van der Waals surface area contributed by atoms with Gasteiger partial charge in [0, 0.05) is 6.42 Å². The zero-order valence-electron chi connectivity index (χ0n) is 23.8. The van der Waals surface area contributed by atoms with E-state index in [9.17, 15) is 19.8 Å². The van der Waals surface area contributed by atoms with Crippen LogP contribution in [0.1, 0.15) is 86.5 Å². The quantitative estimate of drug-likeness (QED) is 0.233. The van der Waals surface area contributed by atoms with Crippen LogP contribution in [0.3, 0.4) is 0 Å². The van der Waals surface area contributed by atoms with Crippen LogP contribution in [-0.4, -0.2) is 40.8 Å². The molecule has 3 rings (SSSR count). The first kappa shape index (κ1) is 29.6. The molecule has 0 spiro atoms. The normalized spacial score (nSPS) is 33.8. The fraction of sp³-hybridized carbons (Fsp3) is 0.688. The molecule has 3 aliphatic carbocycles. The second kappa shape index (κ2) is 11.8. The number of fused-ring (bicyclic) bond motifs is 1. The zero-order valence-corrected chi connectivity index (χ0v) is 23.8. The van der Waals surface area contributed by atoms with Gasteiger partial charge in [0.1, 0.15) is 5.41 Å². The van der Waals surface area contributed by atoms with Gasteiger partial charge in [-0.3, -0.25) is 9.59 Å². The summed E-state index contributed by atoms with van der Waals surface area (Å²) in [5.74, 6) is 0.731. The van der Waals surface area contributed by atoms with Crippen LogP contribution >= 0.6 is 0 Å². The molecular formula is C32H48O5. The standard InChI is InChI=1S/C32H48O5/c1-20(2)19-37-30(36)31(5,6)29(35)15-10-21(3)26-13-14-27-23(9-8-16-32(26,27)7)11-12-24-17-25(33)18-28(34)22(24)4/h10-12,15,20-21,25-28,33-34H,4,8-9,13-14,16-19H2,1-3,5-7H3/b15-10+,23-11+,24-12-/t21-,25-,26-,27+,28+,32-/m1/s1. The van der Waals surface area contributed by atoms with Crippen LogP contribution in [-0.2, 0) is 14.3 Å². The lowest BCUT2D eigenvalue weighted by atomic mass is 9.61. The van der Waals surface area contributed by atoms with Gasteiger partial charge in [0.2, 0.25) is 0 Å². The van der Waals surface area contributed by atoms with E-state index in [1.807, 2.05) is 19.9 Å². The molecule has 0 aromatic carbocycles. The maximum absolute atomic E-state index is 12.9. The topological polar surface area (TPSA) is 83.8 Å². The number of hydrogen-bond donors (Lipinski definition) is 2. The van der Waals surface area contributed by atoms with E-state index in [1.165, 1.54) is 12.0 Å². The Morgan fingerprint density at radius 3 is 2.57 bits per heavy atom. The molecule has 0 unspecified atom stereocenters. The highest BCUT2D eigenvalue weighted by Crippen LogP contribution is 2.59. The summed E-state index contributed by atoms with van der Waals surface area (Å²) in [7, 11) is 0. The summed E-state index contributed by atoms with van der Waals surface area (Å²) in [5, 5.41) is 20.3. The number of rotatable bonds is 8. The number of esters is 1. The van der Waals surface area contributed by atoms with E-state index in [0.29, 0.717) is 31.3 Å². The van der Waals surface area contributed by atoms with Crippen molar-refractivity contribution in [1.29, 1.82) is 0 Å². The lowest BCUT2D eigenvalue weighted by molar-refractivity contribution is -0.158. The van der Waals surface area contributed by atoms with Crippen LogP contribution in [0.15, 0.2) is 47.6 Å². The molecule has 3 aliphatic rings. The first-order chi connectivity index (χ1) is 17.3. The molecule has 206 valence electrons. The molecule has 0 radical (unpaired) electrons. The van der Waals surface area contributed by atoms with Crippen LogP contribution in [0.25, 0.3) is 0 Å². The van der Waals surface area contributed by atoms with Crippen LogP contribution in [0, 0.1) is 34.5 Å². The van der Waals surface area contributed by atoms with Crippen molar-refractivity contribution in [3.63, 3.8) is 0 Å². The van der Waals surface area contributed by atoms with E-state index < -0.39 is 23.6 Å². The summed E-state index contributed by atoms with van der Waals surface area (Å²) in [6, 6.07) is 0. The van der Waals surface area contributed by atoms with Gasteiger partial charge in [-0.2, -0.15) is 0 Å². The Morgan fingerprint density at radius 2 is 1.89 bits per heavy atom. The Morgan fingerprint density at radius 1 is 1.19 bits per heavy atom. The molecular weight excluding hydrogens is 464 g/mol. The van der Waals surface area contributed by atoms with Crippen LogP contribution in [0.2, 0.25) is 0 Å². The second-order valence-corrected chi connectivity index (χ2v) is 12.9. The van der Waals surface area contributed by atoms with E-state index in [1.54, 1.807) is 19.9 Å². The van der Waals surface area contributed by atoms with Crippen molar-refractivity contribution in [2.45, 2.75) is 98.7 Å². The molecule has 5 heteroatoms. The summed E-state index contributed by atoms with van der Waals surface area (Å²) in [4.78, 5) is 25.4. The summed E-state index contributed by atoms with van der Waals surface area (Å²) in [5.41, 5.74) is 2.09. The third-order valence-corrected chi connectivity index (χ3v) is 9.16. The van der Waals surface area contributed by atoms with Gasteiger partial charge in [-0.25, -0.2) is 0 Å². The molecule has 0 aromatic heterocycles. The van der Waals surface area contributed by atoms with Crippen molar-refractivity contribution in [2.75, 3.05) is 6.61 Å². The molecule has 0 heterocycles. The minimum Gasteiger partial charge on any atom is -0.465 e. The minimum absolute atomic E-state index is 0.156. The number of ether oxygens (including phenoxy) is 1. The molecule has 0 aliphatic heterocycles. The first-order valence-electron chi connectivity index (χ1n) is 14.1. The largest absolute Gasteiger partial charge is 0.465 e. The average molecular weight is 513 g/mol. The zero-order chi connectivity index (χ0) is 27.5.